The molecule has 1 saturated heterocycles. The maximum atomic E-state index is 2.46. The van der Waals surface area contributed by atoms with Crippen LogP contribution in [0.25, 0.3) is 0 Å². The lowest BCUT2D eigenvalue weighted by Crippen LogP contribution is -2.67. The summed E-state index contributed by atoms with van der Waals surface area (Å²) >= 11 is 0. The van der Waals surface area contributed by atoms with E-state index in [0.29, 0.717) is 0 Å². The van der Waals surface area contributed by atoms with Crippen molar-refractivity contribution in [3.8, 4) is 0 Å². The number of nitrogens with zero attached hydrogens (tertiary/aromatic N) is 1. The molecule has 0 radical (unpaired) electrons. The minimum absolute atomic E-state index is 1.17. The van der Waals surface area contributed by atoms with Crippen LogP contribution in [0.15, 0.2) is 84.0 Å². The maximum absolute atomic E-state index is 2.46. The number of allylic oxidation sites excluding steroid dienone is 2. The van der Waals surface area contributed by atoms with Crippen LogP contribution in [0.4, 0.5) is 0 Å². The van der Waals surface area contributed by atoms with E-state index in [2.05, 4.69) is 101 Å². The van der Waals surface area contributed by atoms with Gasteiger partial charge in [0.2, 0.25) is 0 Å². The van der Waals surface area contributed by atoms with Crippen LogP contribution < -0.4 is 10.4 Å². The van der Waals surface area contributed by atoms with Gasteiger partial charge in [0.1, 0.15) is 8.07 Å². The Balaban J connectivity index is 1.95. The highest BCUT2D eigenvalue weighted by Gasteiger charge is 2.45. The summed E-state index contributed by atoms with van der Waals surface area (Å²) in [5.74, 6) is 0. The van der Waals surface area contributed by atoms with E-state index < -0.39 is 8.07 Å². The van der Waals surface area contributed by atoms with E-state index in [0.717, 1.165) is 0 Å². The fraction of sp³-hybridized carbons (Fsp3) is 0.385. The molecule has 1 fully saturated rings. The molecule has 1 aliphatic heterocycles. The zero-order chi connectivity index (χ0) is 20.0. The van der Waals surface area contributed by atoms with Crippen molar-refractivity contribution in [2.24, 2.45) is 0 Å². The van der Waals surface area contributed by atoms with Crippen LogP contribution in [0.2, 0.25) is 12.1 Å². The summed E-state index contributed by atoms with van der Waals surface area (Å²) in [6, 6.07) is 25.5. The number of hydrogen-bond acceptors (Lipinski definition) is 0. The van der Waals surface area contributed by atoms with Crippen molar-refractivity contribution < 1.29 is 4.48 Å². The third kappa shape index (κ3) is 4.74. The fourth-order valence-corrected chi connectivity index (χ4v) is 9.65. The lowest BCUT2D eigenvalue weighted by molar-refractivity contribution is -0.915. The summed E-state index contributed by atoms with van der Waals surface area (Å²) in [6.07, 6.45) is 4.91. The number of quaternary nitrogens is 1. The standard InChI is InChI=1S/C26H36NSi/c1-23(2)15-17-27(18-16-24(3)4)19-21-28(22-20-27,25-11-7-5-8-12-25)26-13-9-6-10-14-26/h5-16H,17-22H2,1-4H3/q+1. The van der Waals surface area contributed by atoms with Gasteiger partial charge in [0.25, 0.3) is 0 Å². The Morgan fingerprint density at radius 3 is 1.46 bits per heavy atom. The van der Waals surface area contributed by atoms with Crippen LogP contribution in [0.3, 0.4) is 0 Å². The molecule has 0 saturated carbocycles. The molecule has 1 heterocycles. The summed E-state index contributed by atoms with van der Waals surface area (Å²) in [5.41, 5.74) is 2.88. The van der Waals surface area contributed by atoms with E-state index in [1.807, 2.05) is 0 Å². The Kier molecular flexibility index (Phi) is 6.74. The Labute approximate surface area is 173 Å². The molecule has 3 rings (SSSR count). The predicted octanol–water partition coefficient (Wildman–Crippen LogP) is 5.01. The van der Waals surface area contributed by atoms with E-state index >= 15 is 0 Å². The summed E-state index contributed by atoms with van der Waals surface area (Å²) in [4.78, 5) is 0. The maximum Gasteiger partial charge on any atom is 0.129 e. The van der Waals surface area contributed by atoms with E-state index in [1.165, 1.54) is 53.9 Å². The highest BCUT2D eigenvalue weighted by atomic mass is 28.3. The second-order valence-electron chi connectivity index (χ2n) is 9.03. The Morgan fingerprint density at radius 2 is 1.11 bits per heavy atom. The molecule has 28 heavy (non-hydrogen) atoms. The molecule has 2 heteroatoms. The van der Waals surface area contributed by atoms with Crippen LogP contribution in [0.5, 0.6) is 0 Å². The summed E-state index contributed by atoms with van der Waals surface area (Å²) in [6.45, 7) is 13.8. The third-order valence-corrected chi connectivity index (χ3v) is 11.5. The molecule has 2 aromatic rings. The molecule has 0 bridgehead atoms. The van der Waals surface area contributed by atoms with Crippen molar-refractivity contribution in [2.45, 2.75) is 39.8 Å². The lowest BCUT2D eigenvalue weighted by Gasteiger charge is -2.47. The van der Waals surface area contributed by atoms with Gasteiger partial charge in [-0.2, -0.15) is 0 Å². The molecule has 0 unspecified atom stereocenters. The topological polar surface area (TPSA) is 0 Å². The van der Waals surface area contributed by atoms with Gasteiger partial charge >= 0.3 is 0 Å². The van der Waals surface area contributed by atoms with E-state index in [9.17, 15) is 0 Å². The molecule has 148 valence electrons. The number of benzene rings is 2. The summed E-state index contributed by atoms with van der Waals surface area (Å²) in [7, 11) is -1.69. The van der Waals surface area contributed by atoms with Crippen LogP contribution in [-0.4, -0.2) is 38.7 Å². The minimum atomic E-state index is -1.69. The second kappa shape index (κ2) is 9.06. The fourth-order valence-electron chi connectivity index (χ4n) is 4.54. The van der Waals surface area contributed by atoms with Gasteiger partial charge in [0.15, 0.2) is 0 Å². The number of rotatable bonds is 6. The van der Waals surface area contributed by atoms with Crippen molar-refractivity contribution >= 4 is 18.4 Å². The first-order chi connectivity index (χ1) is 13.5. The van der Waals surface area contributed by atoms with Crippen LogP contribution in [0.1, 0.15) is 27.7 Å². The monoisotopic (exact) mass is 390 g/mol. The first kappa shape index (κ1) is 20.8. The van der Waals surface area contributed by atoms with Crippen LogP contribution in [-0.2, 0) is 0 Å². The van der Waals surface area contributed by atoms with Crippen LogP contribution in [0, 0.1) is 0 Å². The average molecular weight is 391 g/mol. The molecule has 1 aliphatic rings. The first-order valence-corrected chi connectivity index (χ1v) is 13.1. The molecule has 2 aromatic carbocycles. The second-order valence-corrected chi connectivity index (χ2v) is 13.4. The first-order valence-electron chi connectivity index (χ1n) is 10.7. The van der Waals surface area contributed by atoms with Gasteiger partial charge in [-0.05, 0) is 39.8 Å². The highest BCUT2D eigenvalue weighted by Crippen LogP contribution is 2.28. The molecule has 0 aliphatic carbocycles. The molecule has 0 N–H and O–H groups in total. The van der Waals surface area contributed by atoms with Gasteiger partial charge < -0.3 is 4.48 Å². The van der Waals surface area contributed by atoms with E-state index in [1.54, 1.807) is 10.4 Å². The molecular formula is C26H36NSi+. The largest absolute Gasteiger partial charge is 0.318 e. The molecule has 1 nitrogen and oxygen atoms in total. The normalized spacial score (nSPS) is 17.6. The average Bonchev–Trinajstić information content (AvgIpc) is 2.73. The van der Waals surface area contributed by atoms with Gasteiger partial charge in [-0.25, -0.2) is 0 Å². The Bertz CT molecular complexity index is 741. The predicted molar refractivity (Wildman–Crippen MR) is 126 cm³/mol. The Hall–Kier alpha value is -1.90. The van der Waals surface area contributed by atoms with Gasteiger partial charge in [-0.3, -0.25) is 0 Å². The van der Waals surface area contributed by atoms with Crippen LogP contribution >= 0.6 is 0 Å². The zero-order valence-corrected chi connectivity index (χ0v) is 19.1. The molecule has 0 aromatic heterocycles. The van der Waals surface area contributed by atoms with Crippen molar-refractivity contribution in [2.75, 3.05) is 26.2 Å². The van der Waals surface area contributed by atoms with Gasteiger partial charge in [0.05, 0.1) is 26.2 Å². The SMILES string of the molecule is CC(C)=CC[N+]1(CC=C(C)C)CC[Si](c2ccccc2)(c2ccccc2)CC1. The third-order valence-electron chi connectivity index (χ3n) is 6.45. The molecule has 0 amide bonds. The summed E-state index contributed by atoms with van der Waals surface area (Å²) in [5, 5.41) is 3.23. The van der Waals surface area contributed by atoms with Gasteiger partial charge in [-0.15, -0.1) is 0 Å². The highest BCUT2D eigenvalue weighted by molar-refractivity contribution is 7.02. The van der Waals surface area contributed by atoms with Crippen molar-refractivity contribution in [1.29, 1.82) is 0 Å². The van der Waals surface area contributed by atoms with E-state index in [4.69, 9.17) is 0 Å². The smallest absolute Gasteiger partial charge is 0.129 e. The van der Waals surface area contributed by atoms with E-state index in [-0.39, 0.29) is 0 Å². The molecular weight excluding hydrogens is 354 g/mol. The van der Waals surface area contributed by atoms with Crippen molar-refractivity contribution in [3.05, 3.63) is 84.0 Å². The van der Waals surface area contributed by atoms with Crippen molar-refractivity contribution in [1.82, 2.24) is 0 Å². The zero-order valence-electron chi connectivity index (χ0n) is 18.1. The summed E-state index contributed by atoms with van der Waals surface area (Å²) < 4.78 is 1.21. The minimum Gasteiger partial charge on any atom is -0.318 e. The van der Waals surface area contributed by atoms with Gasteiger partial charge in [-0.1, -0.05) is 82.2 Å². The number of hydrogen-bond donors (Lipinski definition) is 0. The lowest BCUT2D eigenvalue weighted by atomic mass is 10.2. The quantitative estimate of drug-likeness (QED) is 0.369. The van der Waals surface area contributed by atoms with Crippen molar-refractivity contribution in [3.63, 3.8) is 0 Å². The molecule has 0 spiro atoms. The van der Waals surface area contributed by atoms with Gasteiger partial charge in [0, 0.05) is 12.1 Å². The Morgan fingerprint density at radius 1 is 0.714 bits per heavy atom. The molecule has 0 atom stereocenters.